The predicted molar refractivity (Wildman–Crippen MR) is 41.3 cm³/mol. The summed E-state index contributed by atoms with van der Waals surface area (Å²) in [7, 11) is 0. The smallest absolute Gasteiger partial charge is 0.123 e. The average Bonchev–Trinajstić information content (AvgIpc) is 2.62. The molecule has 0 radical (unpaired) electrons. The van der Waals surface area contributed by atoms with Crippen LogP contribution in [-0.4, -0.2) is 18.5 Å². The van der Waals surface area contributed by atoms with Gasteiger partial charge in [-0.1, -0.05) is 0 Å². The van der Waals surface area contributed by atoms with Crippen LogP contribution in [0.5, 0.6) is 0 Å². The van der Waals surface area contributed by atoms with Crippen LogP contribution in [0.2, 0.25) is 0 Å². The van der Waals surface area contributed by atoms with Crippen molar-refractivity contribution in [2.75, 3.05) is 6.61 Å². The van der Waals surface area contributed by atoms with Crippen molar-refractivity contribution >= 4 is 6.29 Å². The summed E-state index contributed by atoms with van der Waals surface area (Å²) in [5, 5.41) is 0. The highest BCUT2D eigenvalue weighted by atomic mass is 16.5. The summed E-state index contributed by atoms with van der Waals surface area (Å²) in [5.74, 6) is 0.285. The molecule has 1 aliphatic carbocycles. The molecule has 2 rings (SSSR count). The number of hydrogen-bond donors (Lipinski definition) is 0. The van der Waals surface area contributed by atoms with Crippen LogP contribution < -0.4 is 0 Å². The van der Waals surface area contributed by atoms with E-state index in [0.717, 1.165) is 32.2 Å². The van der Waals surface area contributed by atoms with E-state index in [-0.39, 0.29) is 11.5 Å². The van der Waals surface area contributed by atoms with Crippen LogP contribution in [0.15, 0.2) is 0 Å². The third-order valence-electron chi connectivity index (χ3n) is 2.98. The lowest BCUT2D eigenvalue weighted by molar-refractivity contribution is -0.111. The number of aldehydes is 1. The molecular weight excluding hydrogens is 140 g/mol. The fraction of sp³-hybridized carbons (Fsp3) is 0.889. The van der Waals surface area contributed by atoms with E-state index in [1.54, 1.807) is 0 Å². The Kier molecular flexibility index (Phi) is 1.72. The third-order valence-corrected chi connectivity index (χ3v) is 2.98. The Balaban J connectivity index is 2.01. The van der Waals surface area contributed by atoms with Gasteiger partial charge in [0, 0.05) is 12.5 Å². The third kappa shape index (κ3) is 1.20. The summed E-state index contributed by atoms with van der Waals surface area (Å²) < 4.78 is 5.67. The number of rotatable bonds is 1. The van der Waals surface area contributed by atoms with Gasteiger partial charge in [-0.3, -0.25) is 0 Å². The molecule has 2 fully saturated rings. The minimum atomic E-state index is 0.131. The summed E-state index contributed by atoms with van der Waals surface area (Å²) in [5.41, 5.74) is 0.131. The first-order chi connectivity index (χ1) is 5.35. The van der Waals surface area contributed by atoms with Gasteiger partial charge in [0.05, 0.1) is 5.60 Å². The van der Waals surface area contributed by atoms with Gasteiger partial charge < -0.3 is 9.53 Å². The Bertz CT molecular complexity index is 159. The van der Waals surface area contributed by atoms with Gasteiger partial charge in [0.1, 0.15) is 6.29 Å². The molecule has 1 aliphatic heterocycles. The summed E-state index contributed by atoms with van der Waals surface area (Å²) in [6.45, 7) is 0.908. The van der Waals surface area contributed by atoms with Crippen LogP contribution in [0.1, 0.15) is 32.1 Å². The maximum absolute atomic E-state index is 10.5. The van der Waals surface area contributed by atoms with Crippen molar-refractivity contribution in [3.63, 3.8) is 0 Å². The quantitative estimate of drug-likeness (QED) is 0.535. The average molecular weight is 154 g/mol. The van der Waals surface area contributed by atoms with E-state index in [0.29, 0.717) is 0 Å². The molecule has 1 saturated carbocycles. The fourth-order valence-electron chi connectivity index (χ4n) is 2.36. The van der Waals surface area contributed by atoms with Gasteiger partial charge >= 0.3 is 0 Å². The zero-order valence-corrected chi connectivity index (χ0v) is 6.71. The molecule has 2 nitrogen and oxygen atoms in total. The minimum Gasteiger partial charge on any atom is -0.375 e. The summed E-state index contributed by atoms with van der Waals surface area (Å²) in [6, 6.07) is 0. The van der Waals surface area contributed by atoms with E-state index in [2.05, 4.69) is 0 Å². The van der Waals surface area contributed by atoms with Crippen molar-refractivity contribution in [3.8, 4) is 0 Å². The highest BCUT2D eigenvalue weighted by molar-refractivity contribution is 5.54. The molecule has 0 bridgehead atoms. The molecule has 0 aromatic heterocycles. The molecule has 11 heavy (non-hydrogen) atoms. The van der Waals surface area contributed by atoms with Gasteiger partial charge in [-0.05, 0) is 32.1 Å². The molecule has 2 aliphatic rings. The summed E-state index contributed by atoms with van der Waals surface area (Å²) in [6.07, 6.45) is 6.59. The molecule has 0 aromatic rings. The molecule has 0 N–H and O–H groups in total. The van der Waals surface area contributed by atoms with E-state index in [1.807, 2.05) is 0 Å². The molecule has 1 spiro atoms. The molecule has 1 saturated heterocycles. The van der Waals surface area contributed by atoms with Crippen LogP contribution >= 0.6 is 0 Å². The van der Waals surface area contributed by atoms with Crippen LogP contribution in [0.25, 0.3) is 0 Å². The SMILES string of the molecule is O=CC1CCC2(CCCO2)C1. The molecule has 2 unspecified atom stereocenters. The van der Waals surface area contributed by atoms with Crippen LogP contribution in [0.4, 0.5) is 0 Å². The molecule has 0 aromatic carbocycles. The van der Waals surface area contributed by atoms with Gasteiger partial charge in [0.15, 0.2) is 0 Å². The number of carbonyl (C=O) groups is 1. The zero-order chi connectivity index (χ0) is 7.73. The molecular formula is C9H14O2. The lowest BCUT2D eigenvalue weighted by atomic mass is 9.97. The van der Waals surface area contributed by atoms with Gasteiger partial charge in [0.25, 0.3) is 0 Å². The predicted octanol–water partition coefficient (Wildman–Crippen LogP) is 1.53. The molecule has 2 atom stereocenters. The Morgan fingerprint density at radius 3 is 2.91 bits per heavy atom. The van der Waals surface area contributed by atoms with Crippen molar-refractivity contribution in [2.24, 2.45) is 5.92 Å². The fourth-order valence-corrected chi connectivity index (χ4v) is 2.36. The first-order valence-electron chi connectivity index (χ1n) is 4.44. The van der Waals surface area contributed by atoms with Gasteiger partial charge in [-0.2, -0.15) is 0 Å². The van der Waals surface area contributed by atoms with E-state index < -0.39 is 0 Å². The topological polar surface area (TPSA) is 26.3 Å². The maximum Gasteiger partial charge on any atom is 0.123 e. The van der Waals surface area contributed by atoms with Crippen molar-refractivity contribution in [1.82, 2.24) is 0 Å². The molecule has 62 valence electrons. The first-order valence-corrected chi connectivity index (χ1v) is 4.44. The van der Waals surface area contributed by atoms with Gasteiger partial charge in [-0.15, -0.1) is 0 Å². The van der Waals surface area contributed by atoms with E-state index >= 15 is 0 Å². The lowest BCUT2D eigenvalue weighted by Crippen LogP contribution is -2.23. The molecule has 2 heteroatoms. The second-order valence-corrected chi connectivity index (χ2v) is 3.77. The zero-order valence-electron chi connectivity index (χ0n) is 6.71. The van der Waals surface area contributed by atoms with Crippen LogP contribution in [0.3, 0.4) is 0 Å². The summed E-state index contributed by atoms with van der Waals surface area (Å²) in [4.78, 5) is 10.5. The minimum absolute atomic E-state index is 0.131. The van der Waals surface area contributed by atoms with Crippen molar-refractivity contribution < 1.29 is 9.53 Å². The Labute approximate surface area is 66.9 Å². The van der Waals surface area contributed by atoms with Gasteiger partial charge in [-0.25, -0.2) is 0 Å². The van der Waals surface area contributed by atoms with E-state index in [1.165, 1.54) is 12.8 Å². The number of carbonyl (C=O) groups excluding carboxylic acids is 1. The Morgan fingerprint density at radius 1 is 1.45 bits per heavy atom. The largest absolute Gasteiger partial charge is 0.375 e. The van der Waals surface area contributed by atoms with Crippen molar-refractivity contribution in [2.45, 2.75) is 37.7 Å². The van der Waals surface area contributed by atoms with Crippen LogP contribution in [-0.2, 0) is 9.53 Å². The monoisotopic (exact) mass is 154 g/mol. The van der Waals surface area contributed by atoms with E-state index in [9.17, 15) is 4.79 Å². The highest BCUT2D eigenvalue weighted by Gasteiger charge is 2.42. The summed E-state index contributed by atoms with van der Waals surface area (Å²) >= 11 is 0. The normalized spacial score (nSPS) is 43.5. The maximum atomic E-state index is 10.5. The van der Waals surface area contributed by atoms with Gasteiger partial charge in [0.2, 0.25) is 0 Å². The molecule has 0 amide bonds. The Hall–Kier alpha value is -0.370. The highest BCUT2D eigenvalue weighted by Crippen LogP contribution is 2.42. The number of hydrogen-bond acceptors (Lipinski definition) is 2. The first kappa shape index (κ1) is 7.29. The van der Waals surface area contributed by atoms with Crippen molar-refractivity contribution in [1.29, 1.82) is 0 Å². The number of ether oxygens (including phenoxy) is 1. The Morgan fingerprint density at radius 2 is 2.36 bits per heavy atom. The standard InChI is InChI=1S/C9H14O2/c10-7-8-2-4-9(6-8)3-1-5-11-9/h7-8H,1-6H2. The second-order valence-electron chi connectivity index (χ2n) is 3.77. The van der Waals surface area contributed by atoms with Crippen LogP contribution in [0, 0.1) is 5.92 Å². The van der Waals surface area contributed by atoms with Crippen molar-refractivity contribution in [3.05, 3.63) is 0 Å². The lowest BCUT2D eigenvalue weighted by Gasteiger charge is -2.21. The second kappa shape index (κ2) is 2.59. The van der Waals surface area contributed by atoms with E-state index in [4.69, 9.17) is 4.74 Å². The molecule has 1 heterocycles.